The first-order valence-electron chi connectivity index (χ1n) is 15.9. The molecular formula is C35H38ClN7O4S. The molecule has 2 amide bonds. The number of para-hydroxylation sites is 1. The standard InChI is InChI=1S/C35H38ClN7O4S/c1-35(2,3)31-20-32(43(39-31)24-8-10-28(44)26(36)18-24)38-33(45)37-21-23-6-4-5-7-29(23)47-25-9-11-30-27(19-25)42-13-12-41(34(42)48-30)22-40-14-16-46-17-15-40/h4-13,18-20,34,44H,14-17,21-22H2,1-3H3,(H2,37,38,45). The largest absolute Gasteiger partial charge is 0.506 e. The number of thioether (sulfide) groups is 1. The number of hydrogen-bond acceptors (Lipinski definition) is 9. The van der Waals surface area contributed by atoms with Crippen LogP contribution in [-0.4, -0.2) is 69.2 Å². The number of aromatic nitrogens is 2. The molecule has 0 saturated carbocycles. The van der Waals surface area contributed by atoms with E-state index in [0.717, 1.165) is 55.7 Å². The van der Waals surface area contributed by atoms with Crippen LogP contribution in [0.25, 0.3) is 5.69 Å². The first-order chi connectivity index (χ1) is 23.1. The maximum atomic E-state index is 13.2. The van der Waals surface area contributed by atoms with Crippen molar-refractivity contribution in [1.29, 1.82) is 0 Å². The van der Waals surface area contributed by atoms with Crippen molar-refractivity contribution in [2.24, 2.45) is 0 Å². The lowest BCUT2D eigenvalue weighted by Crippen LogP contribution is -2.45. The number of halogens is 1. The molecule has 250 valence electrons. The van der Waals surface area contributed by atoms with Crippen LogP contribution in [0.5, 0.6) is 17.2 Å². The fraction of sp³-hybridized carbons (Fsp3) is 0.314. The summed E-state index contributed by atoms with van der Waals surface area (Å²) < 4.78 is 13.5. The molecule has 4 heterocycles. The second-order valence-electron chi connectivity index (χ2n) is 12.9. The van der Waals surface area contributed by atoms with Crippen LogP contribution in [0.2, 0.25) is 5.02 Å². The van der Waals surface area contributed by atoms with E-state index < -0.39 is 6.03 Å². The van der Waals surface area contributed by atoms with E-state index in [0.29, 0.717) is 17.3 Å². The Morgan fingerprint density at radius 1 is 1.08 bits per heavy atom. The van der Waals surface area contributed by atoms with Gasteiger partial charge in [0.15, 0.2) is 5.50 Å². The van der Waals surface area contributed by atoms with Crippen LogP contribution in [0.15, 0.2) is 84.0 Å². The number of nitrogens with one attached hydrogen (secondary N) is 2. The minimum absolute atomic E-state index is 0.0290. The first-order valence-corrected chi connectivity index (χ1v) is 17.1. The predicted molar refractivity (Wildman–Crippen MR) is 188 cm³/mol. The first kappa shape index (κ1) is 32.2. The molecule has 1 unspecified atom stereocenters. The molecule has 0 bridgehead atoms. The van der Waals surface area contributed by atoms with Gasteiger partial charge in [-0.3, -0.25) is 10.2 Å². The Morgan fingerprint density at radius 2 is 1.90 bits per heavy atom. The Hall–Kier alpha value is -4.36. The fourth-order valence-electron chi connectivity index (χ4n) is 5.73. The summed E-state index contributed by atoms with van der Waals surface area (Å²) in [4.78, 5) is 21.5. The third-order valence-electron chi connectivity index (χ3n) is 8.38. The van der Waals surface area contributed by atoms with Gasteiger partial charge in [0.25, 0.3) is 0 Å². The van der Waals surface area contributed by atoms with Gasteiger partial charge < -0.3 is 29.7 Å². The summed E-state index contributed by atoms with van der Waals surface area (Å²) in [5.74, 6) is 1.82. The molecule has 1 fully saturated rings. The van der Waals surface area contributed by atoms with Crippen LogP contribution < -0.4 is 20.3 Å². The monoisotopic (exact) mass is 687 g/mol. The fourth-order valence-corrected chi connectivity index (χ4v) is 7.13. The van der Waals surface area contributed by atoms with Crippen molar-refractivity contribution in [3.63, 3.8) is 0 Å². The molecule has 1 atom stereocenters. The Kier molecular flexibility index (Phi) is 8.90. The molecule has 3 N–H and O–H groups in total. The minimum atomic E-state index is -0.403. The number of phenolic OH excluding ortho intramolecular Hbond substituents is 1. The van der Waals surface area contributed by atoms with E-state index in [-0.39, 0.29) is 28.2 Å². The van der Waals surface area contributed by atoms with Crippen LogP contribution in [-0.2, 0) is 16.7 Å². The molecule has 3 aliphatic rings. The van der Waals surface area contributed by atoms with Crippen LogP contribution in [0.3, 0.4) is 0 Å². The zero-order valence-electron chi connectivity index (χ0n) is 27.0. The highest BCUT2D eigenvalue weighted by Crippen LogP contribution is 2.49. The number of nitrogens with zero attached hydrogens (tertiary/aromatic N) is 5. The highest BCUT2D eigenvalue weighted by molar-refractivity contribution is 8.00. The summed E-state index contributed by atoms with van der Waals surface area (Å²) in [6.45, 7) is 10.7. The average Bonchev–Trinajstić information content (AvgIpc) is 3.77. The summed E-state index contributed by atoms with van der Waals surface area (Å²) in [6.07, 6.45) is 4.29. The van der Waals surface area contributed by atoms with E-state index in [1.807, 2.05) is 68.9 Å². The zero-order valence-corrected chi connectivity index (χ0v) is 28.6. The SMILES string of the molecule is CC(C)(C)c1cc(NC(=O)NCc2ccccc2Oc2ccc3c(c2)N2C=CN(CN4CCOCC4)C2S3)n(-c2ccc(O)c(Cl)c2)n1. The maximum Gasteiger partial charge on any atom is 0.320 e. The van der Waals surface area contributed by atoms with Gasteiger partial charge >= 0.3 is 6.03 Å². The van der Waals surface area contributed by atoms with E-state index in [1.54, 1.807) is 16.8 Å². The number of hydrogen-bond donors (Lipinski definition) is 3. The van der Waals surface area contributed by atoms with Crippen LogP contribution in [0, 0.1) is 0 Å². The Balaban J connectivity index is 1.02. The number of anilines is 2. The molecule has 11 nitrogen and oxygen atoms in total. The van der Waals surface area contributed by atoms with Crippen molar-refractivity contribution in [3.05, 3.63) is 95.4 Å². The molecule has 0 radical (unpaired) electrons. The topological polar surface area (TPSA) is 107 Å². The van der Waals surface area contributed by atoms with Gasteiger partial charge in [-0.05, 0) is 36.4 Å². The number of amides is 2. The Morgan fingerprint density at radius 3 is 2.69 bits per heavy atom. The van der Waals surface area contributed by atoms with Gasteiger partial charge in [0, 0.05) is 60.0 Å². The number of morpholine rings is 1. The van der Waals surface area contributed by atoms with Crippen molar-refractivity contribution in [3.8, 4) is 22.9 Å². The van der Waals surface area contributed by atoms with Crippen molar-refractivity contribution >= 4 is 40.9 Å². The van der Waals surface area contributed by atoms with E-state index in [4.69, 9.17) is 26.2 Å². The number of rotatable bonds is 8. The molecular weight excluding hydrogens is 650 g/mol. The number of carbonyl (C=O) groups is 1. The van der Waals surface area contributed by atoms with Crippen LogP contribution >= 0.6 is 23.4 Å². The summed E-state index contributed by atoms with van der Waals surface area (Å²) in [5.41, 5.74) is 3.24. The lowest BCUT2D eigenvalue weighted by atomic mass is 9.92. The number of urea groups is 1. The lowest BCUT2D eigenvalue weighted by Gasteiger charge is -2.33. The molecule has 4 aromatic rings. The van der Waals surface area contributed by atoms with Gasteiger partial charge in [-0.15, -0.1) is 0 Å². The van der Waals surface area contributed by atoms with Gasteiger partial charge in [-0.2, -0.15) is 5.10 Å². The molecule has 3 aromatic carbocycles. The molecule has 0 aliphatic carbocycles. The molecule has 7 rings (SSSR count). The van der Waals surface area contributed by atoms with E-state index in [2.05, 4.69) is 49.9 Å². The van der Waals surface area contributed by atoms with Gasteiger partial charge in [-0.25, -0.2) is 9.48 Å². The molecule has 0 spiro atoms. The van der Waals surface area contributed by atoms with E-state index in [9.17, 15) is 9.90 Å². The van der Waals surface area contributed by atoms with Gasteiger partial charge in [0.1, 0.15) is 23.1 Å². The molecule has 3 aliphatic heterocycles. The van der Waals surface area contributed by atoms with Crippen LogP contribution in [0.4, 0.5) is 16.3 Å². The maximum absolute atomic E-state index is 13.2. The number of fused-ring (bicyclic) bond motifs is 3. The van der Waals surface area contributed by atoms with Gasteiger partial charge in [0.05, 0.1) is 42.0 Å². The number of aromatic hydroxyl groups is 1. The number of ether oxygens (including phenoxy) is 2. The predicted octanol–water partition coefficient (Wildman–Crippen LogP) is 6.92. The third-order valence-corrected chi connectivity index (χ3v) is 9.99. The van der Waals surface area contributed by atoms with E-state index in [1.165, 1.54) is 11.0 Å². The van der Waals surface area contributed by atoms with Crippen molar-refractivity contribution in [1.82, 2.24) is 24.9 Å². The normalized spacial score (nSPS) is 17.4. The average molecular weight is 688 g/mol. The smallest absolute Gasteiger partial charge is 0.320 e. The highest BCUT2D eigenvalue weighted by Gasteiger charge is 2.37. The highest BCUT2D eigenvalue weighted by atomic mass is 35.5. The van der Waals surface area contributed by atoms with Crippen molar-refractivity contribution in [2.45, 2.75) is 43.1 Å². The van der Waals surface area contributed by atoms with Crippen molar-refractivity contribution < 1.29 is 19.4 Å². The summed E-state index contributed by atoms with van der Waals surface area (Å²) in [5, 5.41) is 20.7. The second kappa shape index (κ2) is 13.3. The van der Waals surface area contributed by atoms with Crippen LogP contribution in [0.1, 0.15) is 32.0 Å². The van der Waals surface area contributed by atoms with Gasteiger partial charge in [-0.1, -0.05) is 62.3 Å². The summed E-state index contributed by atoms with van der Waals surface area (Å²) >= 11 is 8.02. The molecule has 1 aromatic heterocycles. The summed E-state index contributed by atoms with van der Waals surface area (Å²) in [7, 11) is 0. The minimum Gasteiger partial charge on any atom is -0.506 e. The lowest BCUT2D eigenvalue weighted by molar-refractivity contribution is 0.0183. The quantitative estimate of drug-likeness (QED) is 0.182. The summed E-state index contributed by atoms with van der Waals surface area (Å²) in [6, 6.07) is 20.1. The third kappa shape index (κ3) is 6.79. The van der Waals surface area contributed by atoms with Crippen molar-refractivity contribution in [2.75, 3.05) is 43.2 Å². The molecule has 13 heteroatoms. The Bertz CT molecular complexity index is 1850. The van der Waals surface area contributed by atoms with E-state index >= 15 is 0 Å². The zero-order chi connectivity index (χ0) is 33.4. The second-order valence-corrected chi connectivity index (χ2v) is 14.4. The number of benzene rings is 3. The Labute approximate surface area is 289 Å². The number of phenols is 1. The number of carbonyl (C=O) groups excluding carboxylic acids is 1. The molecule has 1 saturated heterocycles. The molecule has 48 heavy (non-hydrogen) atoms. The van der Waals surface area contributed by atoms with Gasteiger partial charge in [0.2, 0.25) is 0 Å².